The van der Waals surface area contributed by atoms with Crippen molar-refractivity contribution in [3.05, 3.63) is 58.2 Å². The molecule has 0 N–H and O–H groups in total. The number of methoxy groups -OCH3 is 2. The van der Waals surface area contributed by atoms with Gasteiger partial charge < -0.3 is 14.2 Å². The highest BCUT2D eigenvalue weighted by atomic mass is 32.2. The third kappa shape index (κ3) is 4.71. The van der Waals surface area contributed by atoms with Gasteiger partial charge in [0.25, 0.3) is 11.1 Å². The third-order valence-electron chi connectivity index (χ3n) is 4.33. The summed E-state index contributed by atoms with van der Waals surface area (Å²) in [6.07, 6.45) is 1.67. The maximum Gasteiger partial charge on any atom is 0.293 e. The Labute approximate surface area is 172 Å². The van der Waals surface area contributed by atoms with E-state index in [2.05, 4.69) is 0 Å². The van der Waals surface area contributed by atoms with Crippen LogP contribution in [0.25, 0.3) is 6.08 Å². The lowest BCUT2D eigenvalue weighted by atomic mass is 10.1. The van der Waals surface area contributed by atoms with Crippen LogP contribution in [0.1, 0.15) is 11.1 Å². The van der Waals surface area contributed by atoms with Crippen LogP contribution in [0, 0.1) is 12.7 Å². The van der Waals surface area contributed by atoms with Crippen molar-refractivity contribution in [3.63, 3.8) is 0 Å². The number of ether oxygens (including phenoxy) is 3. The molecule has 1 heterocycles. The number of hydrogen-bond donors (Lipinski definition) is 0. The summed E-state index contributed by atoms with van der Waals surface area (Å²) in [5.74, 6) is 0.857. The number of halogens is 1. The van der Waals surface area contributed by atoms with Crippen LogP contribution in [0.4, 0.5) is 9.18 Å². The number of imide groups is 1. The van der Waals surface area contributed by atoms with E-state index in [-0.39, 0.29) is 30.1 Å². The molecule has 0 aromatic heterocycles. The molecule has 0 aliphatic carbocycles. The zero-order valence-corrected chi connectivity index (χ0v) is 17.0. The summed E-state index contributed by atoms with van der Waals surface area (Å²) in [5, 5.41) is -0.359. The van der Waals surface area contributed by atoms with Gasteiger partial charge in [-0.2, -0.15) is 0 Å². The fourth-order valence-corrected chi connectivity index (χ4v) is 3.63. The second-order valence-electron chi connectivity index (χ2n) is 6.20. The van der Waals surface area contributed by atoms with Gasteiger partial charge in [-0.05, 0) is 72.3 Å². The fourth-order valence-electron chi connectivity index (χ4n) is 2.77. The molecular formula is C21H20FNO5S. The first-order valence-corrected chi connectivity index (χ1v) is 9.61. The van der Waals surface area contributed by atoms with Crippen molar-refractivity contribution in [2.75, 3.05) is 27.4 Å². The molecule has 1 fully saturated rings. The van der Waals surface area contributed by atoms with Gasteiger partial charge in [0.05, 0.1) is 25.7 Å². The molecule has 3 rings (SSSR count). The van der Waals surface area contributed by atoms with Crippen LogP contribution in [0.2, 0.25) is 0 Å². The minimum absolute atomic E-state index is 0.101. The SMILES string of the molecule is COc1cc(C)c(/C=C2\SC(=O)N(CCOc3ccc(F)cc3)C2=O)cc1OC. The van der Waals surface area contributed by atoms with Gasteiger partial charge >= 0.3 is 0 Å². The molecule has 152 valence electrons. The van der Waals surface area contributed by atoms with Crippen molar-refractivity contribution >= 4 is 29.0 Å². The first-order valence-electron chi connectivity index (χ1n) is 8.79. The molecule has 2 aromatic carbocycles. The summed E-state index contributed by atoms with van der Waals surface area (Å²) < 4.78 is 29.0. The van der Waals surface area contributed by atoms with E-state index in [4.69, 9.17) is 14.2 Å². The number of benzene rings is 2. The molecule has 0 saturated carbocycles. The summed E-state index contributed by atoms with van der Waals surface area (Å²) in [6, 6.07) is 9.12. The first-order chi connectivity index (χ1) is 13.9. The lowest BCUT2D eigenvalue weighted by molar-refractivity contribution is -0.123. The van der Waals surface area contributed by atoms with Crippen LogP contribution in [0.15, 0.2) is 41.3 Å². The molecule has 2 amide bonds. The minimum Gasteiger partial charge on any atom is -0.493 e. The summed E-state index contributed by atoms with van der Waals surface area (Å²) in [7, 11) is 3.09. The average molecular weight is 417 g/mol. The predicted molar refractivity (Wildman–Crippen MR) is 109 cm³/mol. The Balaban J connectivity index is 1.70. The number of thioether (sulfide) groups is 1. The summed E-state index contributed by atoms with van der Waals surface area (Å²) in [5.41, 5.74) is 1.64. The molecule has 0 bridgehead atoms. The molecule has 0 spiro atoms. The van der Waals surface area contributed by atoms with Gasteiger partial charge in [-0.1, -0.05) is 0 Å². The highest BCUT2D eigenvalue weighted by Gasteiger charge is 2.35. The van der Waals surface area contributed by atoms with Gasteiger partial charge in [-0.15, -0.1) is 0 Å². The topological polar surface area (TPSA) is 65.1 Å². The smallest absolute Gasteiger partial charge is 0.293 e. The van der Waals surface area contributed by atoms with Gasteiger partial charge in [-0.25, -0.2) is 4.39 Å². The molecule has 8 heteroatoms. The van der Waals surface area contributed by atoms with E-state index in [1.54, 1.807) is 19.3 Å². The first kappa shape index (κ1) is 20.7. The van der Waals surface area contributed by atoms with Crippen molar-refractivity contribution in [3.8, 4) is 17.2 Å². The van der Waals surface area contributed by atoms with E-state index < -0.39 is 0 Å². The Morgan fingerprint density at radius 1 is 1.07 bits per heavy atom. The molecule has 0 unspecified atom stereocenters. The summed E-state index contributed by atoms with van der Waals surface area (Å²) >= 11 is 0.878. The molecule has 6 nitrogen and oxygen atoms in total. The van der Waals surface area contributed by atoms with Crippen LogP contribution in [0.5, 0.6) is 17.2 Å². The van der Waals surface area contributed by atoms with Crippen molar-refractivity contribution < 1.29 is 28.2 Å². The maximum atomic E-state index is 12.9. The molecular weight excluding hydrogens is 397 g/mol. The monoisotopic (exact) mass is 417 g/mol. The maximum absolute atomic E-state index is 12.9. The lowest BCUT2D eigenvalue weighted by Gasteiger charge is -2.13. The van der Waals surface area contributed by atoms with E-state index >= 15 is 0 Å². The standard InChI is InChI=1S/C21H20FNO5S/c1-13-10-17(26-2)18(27-3)11-14(13)12-19-20(24)23(21(25)29-19)8-9-28-16-6-4-15(22)5-7-16/h4-7,10-12H,8-9H2,1-3H3/b19-12-. The van der Waals surface area contributed by atoms with Gasteiger partial charge in [0.15, 0.2) is 11.5 Å². The zero-order chi connectivity index (χ0) is 21.0. The van der Waals surface area contributed by atoms with Crippen LogP contribution in [0.3, 0.4) is 0 Å². The van der Waals surface area contributed by atoms with Crippen molar-refractivity contribution in [1.29, 1.82) is 0 Å². The fraction of sp³-hybridized carbons (Fsp3) is 0.238. The number of rotatable bonds is 7. The number of nitrogens with zero attached hydrogens (tertiary/aromatic N) is 1. The summed E-state index contributed by atoms with van der Waals surface area (Å²) in [6.45, 7) is 2.10. The second-order valence-corrected chi connectivity index (χ2v) is 7.19. The van der Waals surface area contributed by atoms with E-state index in [0.29, 0.717) is 22.2 Å². The molecule has 1 saturated heterocycles. The Kier molecular flexibility index (Phi) is 6.43. The predicted octanol–water partition coefficient (Wildman–Crippen LogP) is 4.27. The van der Waals surface area contributed by atoms with Crippen LogP contribution in [-0.2, 0) is 4.79 Å². The van der Waals surface area contributed by atoms with Crippen molar-refractivity contribution in [2.45, 2.75) is 6.92 Å². The Morgan fingerprint density at radius 3 is 2.38 bits per heavy atom. The molecule has 1 aliphatic rings. The minimum atomic E-state index is -0.378. The van der Waals surface area contributed by atoms with Crippen molar-refractivity contribution in [1.82, 2.24) is 4.90 Å². The normalized spacial score (nSPS) is 15.2. The largest absolute Gasteiger partial charge is 0.493 e. The van der Waals surface area contributed by atoms with E-state index in [9.17, 15) is 14.0 Å². The van der Waals surface area contributed by atoms with Gasteiger partial charge in [-0.3, -0.25) is 14.5 Å². The summed E-state index contributed by atoms with van der Waals surface area (Å²) in [4.78, 5) is 26.4. The van der Waals surface area contributed by atoms with Gasteiger partial charge in [0.2, 0.25) is 0 Å². The Morgan fingerprint density at radius 2 is 1.72 bits per heavy atom. The number of hydrogen-bond acceptors (Lipinski definition) is 6. The molecule has 0 radical (unpaired) electrons. The molecule has 1 aliphatic heterocycles. The highest BCUT2D eigenvalue weighted by molar-refractivity contribution is 8.18. The highest BCUT2D eigenvalue weighted by Crippen LogP contribution is 2.35. The molecule has 0 atom stereocenters. The average Bonchev–Trinajstić information content (AvgIpc) is 2.98. The number of aryl methyl sites for hydroxylation is 1. The number of carbonyl (C=O) groups is 2. The van der Waals surface area contributed by atoms with E-state index in [1.807, 2.05) is 13.0 Å². The Bertz CT molecular complexity index is 958. The van der Waals surface area contributed by atoms with Crippen LogP contribution in [-0.4, -0.2) is 43.4 Å². The van der Waals surface area contributed by atoms with Gasteiger partial charge in [0.1, 0.15) is 18.2 Å². The van der Waals surface area contributed by atoms with Crippen molar-refractivity contribution in [2.24, 2.45) is 0 Å². The number of amides is 2. The second kappa shape index (κ2) is 9.00. The third-order valence-corrected chi connectivity index (χ3v) is 5.24. The van der Waals surface area contributed by atoms with E-state index in [1.165, 1.54) is 31.4 Å². The lowest BCUT2D eigenvalue weighted by Crippen LogP contribution is -2.32. The van der Waals surface area contributed by atoms with Crippen LogP contribution >= 0.6 is 11.8 Å². The van der Waals surface area contributed by atoms with Gasteiger partial charge in [0, 0.05) is 0 Å². The zero-order valence-electron chi connectivity index (χ0n) is 16.2. The van der Waals surface area contributed by atoms with Crippen LogP contribution < -0.4 is 14.2 Å². The molecule has 29 heavy (non-hydrogen) atoms. The number of carbonyl (C=O) groups excluding carboxylic acids is 2. The molecule has 2 aromatic rings. The van der Waals surface area contributed by atoms with E-state index in [0.717, 1.165) is 27.8 Å². The Hall–Kier alpha value is -3.00. The quantitative estimate of drug-likeness (QED) is 0.627.